The van der Waals surface area contributed by atoms with Crippen LogP contribution >= 0.6 is 0 Å². The van der Waals surface area contributed by atoms with E-state index >= 15 is 0 Å². The van der Waals surface area contributed by atoms with Gasteiger partial charge in [-0.15, -0.1) is 0 Å². The highest BCUT2D eigenvalue weighted by Crippen LogP contribution is 2.25. The van der Waals surface area contributed by atoms with Crippen LogP contribution in [0.1, 0.15) is 19.4 Å². The summed E-state index contributed by atoms with van der Waals surface area (Å²) >= 11 is 0. The van der Waals surface area contributed by atoms with Gasteiger partial charge in [0.05, 0.1) is 6.61 Å². The molecule has 0 unspecified atom stereocenters. The van der Waals surface area contributed by atoms with Gasteiger partial charge in [-0.25, -0.2) is 0 Å². The maximum absolute atomic E-state index is 9.03. The zero-order valence-corrected chi connectivity index (χ0v) is 9.70. The minimum absolute atomic E-state index is 0.159. The van der Waals surface area contributed by atoms with Crippen molar-refractivity contribution < 1.29 is 5.11 Å². The number of anilines is 2. The molecule has 0 fully saturated rings. The number of nitrogens with two attached hydrogens (primary N) is 1. The number of nitrogens with zero attached hydrogens (tertiary/aromatic N) is 1. The van der Waals surface area contributed by atoms with E-state index in [1.54, 1.807) is 0 Å². The predicted molar refractivity (Wildman–Crippen MR) is 65.2 cm³/mol. The average molecular weight is 208 g/mol. The minimum atomic E-state index is 0.159. The van der Waals surface area contributed by atoms with Crippen LogP contribution in [0, 0.1) is 6.92 Å². The van der Waals surface area contributed by atoms with Gasteiger partial charge in [0.25, 0.3) is 0 Å². The minimum Gasteiger partial charge on any atom is -0.398 e. The molecule has 1 rings (SSSR count). The molecule has 0 amide bonds. The molecule has 0 aliphatic heterocycles. The van der Waals surface area contributed by atoms with Gasteiger partial charge in [0.1, 0.15) is 0 Å². The van der Waals surface area contributed by atoms with Gasteiger partial charge in [0.15, 0.2) is 0 Å². The molecule has 0 atom stereocenters. The van der Waals surface area contributed by atoms with Crippen molar-refractivity contribution in [3.63, 3.8) is 0 Å². The summed E-state index contributed by atoms with van der Waals surface area (Å²) in [6.45, 7) is 7.03. The molecule has 0 saturated carbocycles. The van der Waals surface area contributed by atoms with E-state index in [1.807, 2.05) is 25.1 Å². The molecule has 0 heterocycles. The van der Waals surface area contributed by atoms with Gasteiger partial charge in [0.2, 0.25) is 0 Å². The number of aliphatic hydroxyl groups excluding tert-OH is 1. The molecule has 1 aromatic carbocycles. The molecule has 0 bridgehead atoms. The molecule has 3 heteroatoms. The van der Waals surface area contributed by atoms with Gasteiger partial charge in [-0.05, 0) is 38.5 Å². The van der Waals surface area contributed by atoms with Gasteiger partial charge in [-0.1, -0.05) is 6.07 Å². The average Bonchev–Trinajstić information content (AvgIpc) is 2.19. The van der Waals surface area contributed by atoms with E-state index in [0.29, 0.717) is 12.6 Å². The zero-order valence-electron chi connectivity index (χ0n) is 9.70. The highest BCUT2D eigenvalue weighted by molar-refractivity contribution is 5.64. The van der Waals surface area contributed by atoms with Crippen LogP contribution in [0.2, 0.25) is 0 Å². The van der Waals surface area contributed by atoms with Crippen molar-refractivity contribution in [1.29, 1.82) is 0 Å². The first-order valence-electron chi connectivity index (χ1n) is 5.30. The Morgan fingerprint density at radius 1 is 1.40 bits per heavy atom. The Labute approximate surface area is 91.5 Å². The number of nitrogen functional groups attached to an aromatic ring is 1. The van der Waals surface area contributed by atoms with Crippen LogP contribution in [0.15, 0.2) is 18.2 Å². The maximum atomic E-state index is 9.03. The molecule has 3 nitrogen and oxygen atoms in total. The molecule has 0 aliphatic carbocycles. The molecule has 1 aromatic rings. The zero-order chi connectivity index (χ0) is 11.4. The summed E-state index contributed by atoms with van der Waals surface area (Å²) in [6, 6.07) is 6.25. The van der Waals surface area contributed by atoms with E-state index in [9.17, 15) is 0 Å². The third-order valence-corrected chi connectivity index (χ3v) is 2.62. The molecule has 3 N–H and O–H groups in total. The molecule has 0 radical (unpaired) electrons. The van der Waals surface area contributed by atoms with Gasteiger partial charge in [-0.3, -0.25) is 0 Å². The smallest absolute Gasteiger partial charge is 0.0606 e. The highest BCUT2D eigenvalue weighted by Gasteiger charge is 2.12. The first kappa shape index (κ1) is 11.9. The second-order valence-corrected chi connectivity index (χ2v) is 4.00. The predicted octanol–water partition coefficient (Wildman–Crippen LogP) is 1.78. The number of hydrogen-bond acceptors (Lipinski definition) is 3. The Balaban J connectivity index is 3.05. The van der Waals surface area contributed by atoms with Crippen LogP contribution in [0.5, 0.6) is 0 Å². The monoisotopic (exact) mass is 208 g/mol. The third-order valence-electron chi connectivity index (χ3n) is 2.62. The lowest BCUT2D eigenvalue weighted by molar-refractivity contribution is 0.299. The van der Waals surface area contributed by atoms with E-state index in [4.69, 9.17) is 10.8 Å². The highest BCUT2D eigenvalue weighted by atomic mass is 16.3. The van der Waals surface area contributed by atoms with Crippen molar-refractivity contribution in [2.75, 3.05) is 23.8 Å². The number of aliphatic hydroxyl groups is 1. The SMILES string of the molecule is Cc1c(N)cccc1N(CCO)C(C)C. The molecule has 84 valence electrons. The van der Waals surface area contributed by atoms with E-state index in [-0.39, 0.29) is 6.61 Å². The summed E-state index contributed by atoms with van der Waals surface area (Å²) in [7, 11) is 0. The quantitative estimate of drug-likeness (QED) is 0.742. The maximum Gasteiger partial charge on any atom is 0.0606 e. The van der Waals surface area contributed by atoms with Crippen LogP contribution in [-0.4, -0.2) is 24.3 Å². The topological polar surface area (TPSA) is 49.5 Å². The molecule has 0 aromatic heterocycles. The van der Waals surface area contributed by atoms with Crippen LogP contribution in [0.25, 0.3) is 0 Å². The molecule has 15 heavy (non-hydrogen) atoms. The van der Waals surface area contributed by atoms with Crippen molar-refractivity contribution >= 4 is 11.4 Å². The van der Waals surface area contributed by atoms with Crippen LogP contribution in [0.3, 0.4) is 0 Å². The van der Waals surface area contributed by atoms with E-state index in [0.717, 1.165) is 16.9 Å². The summed E-state index contributed by atoms with van der Waals surface area (Å²) < 4.78 is 0. The van der Waals surface area contributed by atoms with Gasteiger partial charge in [0, 0.05) is 24.0 Å². The largest absolute Gasteiger partial charge is 0.398 e. The lowest BCUT2D eigenvalue weighted by Gasteiger charge is -2.30. The first-order chi connectivity index (χ1) is 7.07. The number of benzene rings is 1. The van der Waals surface area contributed by atoms with Gasteiger partial charge >= 0.3 is 0 Å². The summed E-state index contributed by atoms with van der Waals surface area (Å²) in [4.78, 5) is 2.16. The molecule has 0 aliphatic rings. The normalized spacial score (nSPS) is 10.7. The van der Waals surface area contributed by atoms with E-state index in [2.05, 4.69) is 18.7 Å². The summed E-state index contributed by atoms with van der Waals surface area (Å²) in [6.07, 6.45) is 0. The Morgan fingerprint density at radius 3 is 2.60 bits per heavy atom. The summed E-state index contributed by atoms with van der Waals surface area (Å²) in [5.41, 5.74) is 8.86. The molecular weight excluding hydrogens is 188 g/mol. The van der Waals surface area contributed by atoms with E-state index in [1.165, 1.54) is 0 Å². The third kappa shape index (κ3) is 2.63. The fourth-order valence-corrected chi connectivity index (χ4v) is 1.72. The van der Waals surface area contributed by atoms with Gasteiger partial charge in [-0.2, -0.15) is 0 Å². The Bertz CT molecular complexity index is 323. The van der Waals surface area contributed by atoms with Crippen LogP contribution in [0.4, 0.5) is 11.4 Å². The Morgan fingerprint density at radius 2 is 2.07 bits per heavy atom. The Kier molecular flexibility index (Phi) is 3.97. The summed E-state index contributed by atoms with van der Waals surface area (Å²) in [5, 5.41) is 9.03. The molecular formula is C12H20N2O. The molecule has 0 saturated heterocycles. The first-order valence-corrected chi connectivity index (χ1v) is 5.30. The fourth-order valence-electron chi connectivity index (χ4n) is 1.72. The fraction of sp³-hybridized carbons (Fsp3) is 0.500. The lowest BCUT2D eigenvalue weighted by Crippen LogP contribution is -2.34. The number of hydrogen-bond donors (Lipinski definition) is 2. The van der Waals surface area contributed by atoms with Crippen molar-refractivity contribution in [1.82, 2.24) is 0 Å². The summed E-state index contributed by atoms with van der Waals surface area (Å²) in [5.74, 6) is 0. The van der Waals surface area contributed by atoms with Crippen molar-refractivity contribution in [2.45, 2.75) is 26.8 Å². The van der Waals surface area contributed by atoms with Crippen molar-refractivity contribution in [3.05, 3.63) is 23.8 Å². The molecule has 0 spiro atoms. The van der Waals surface area contributed by atoms with Crippen LogP contribution < -0.4 is 10.6 Å². The second-order valence-electron chi connectivity index (χ2n) is 4.00. The van der Waals surface area contributed by atoms with E-state index < -0.39 is 0 Å². The van der Waals surface area contributed by atoms with Crippen molar-refractivity contribution in [2.24, 2.45) is 0 Å². The van der Waals surface area contributed by atoms with Crippen LogP contribution in [-0.2, 0) is 0 Å². The van der Waals surface area contributed by atoms with Gasteiger partial charge < -0.3 is 15.7 Å². The second kappa shape index (κ2) is 5.03. The standard InChI is InChI=1S/C12H20N2O/c1-9(2)14(7-8-15)12-6-4-5-11(13)10(12)3/h4-6,9,15H,7-8,13H2,1-3H3. The lowest BCUT2D eigenvalue weighted by atomic mass is 10.1. The Hall–Kier alpha value is -1.22. The number of rotatable bonds is 4. The van der Waals surface area contributed by atoms with Crippen molar-refractivity contribution in [3.8, 4) is 0 Å².